The number of nitrogens with zero attached hydrogens (tertiary/aromatic N) is 1. The number of alkyl carbamates (subject to hydrolysis) is 1. The third kappa shape index (κ3) is 11.3. The topological polar surface area (TPSA) is 140 Å². The Morgan fingerprint density at radius 1 is 0.930 bits per heavy atom. The molecular formula is C33H48N4O6. The predicted octanol–water partition coefficient (Wildman–Crippen LogP) is 5.36. The van der Waals surface area contributed by atoms with E-state index in [1.807, 2.05) is 38.1 Å². The number of amides is 4. The number of nitrogens with one attached hydrogen (secondary N) is 2. The Bertz CT molecular complexity index is 1220. The molecule has 43 heavy (non-hydrogen) atoms. The number of carbonyl (C=O) groups is 4. The van der Waals surface area contributed by atoms with Crippen LogP contribution in [-0.2, 0) is 25.5 Å². The maximum atomic E-state index is 14.4. The smallest absolute Gasteiger partial charge is 0.408 e. The van der Waals surface area contributed by atoms with E-state index in [4.69, 9.17) is 15.2 Å². The van der Waals surface area contributed by atoms with Gasteiger partial charge in [0.25, 0.3) is 5.91 Å². The Kier molecular flexibility index (Phi) is 13.0. The van der Waals surface area contributed by atoms with Gasteiger partial charge in [0, 0.05) is 11.7 Å². The molecule has 10 nitrogen and oxygen atoms in total. The Morgan fingerprint density at radius 2 is 1.53 bits per heavy atom. The minimum Gasteiger partial charge on any atom is -0.497 e. The van der Waals surface area contributed by atoms with E-state index in [2.05, 4.69) is 24.5 Å². The molecule has 4 N–H and O–H groups in total. The van der Waals surface area contributed by atoms with E-state index in [1.54, 1.807) is 52.1 Å². The molecule has 10 heteroatoms. The van der Waals surface area contributed by atoms with Crippen LogP contribution >= 0.6 is 0 Å². The van der Waals surface area contributed by atoms with Gasteiger partial charge in [-0.2, -0.15) is 0 Å². The van der Waals surface area contributed by atoms with Gasteiger partial charge in [0.15, 0.2) is 0 Å². The fourth-order valence-electron chi connectivity index (χ4n) is 4.60. The summed E-state index contributed by atoms with van der Waals surface area (Å²) in [4.78, 5) is 54.8. The van der Waals surface area contributed by atoms with E-state index in [1.165, 1.54) is 4.90 Å². The molecule has 0 fully saturated rings. The zero-order valence-corrected chi connectivity index (χ0v) is 26.7. The summed E-state index contributed by atoms with van der Waals surface area (Å²) >= 11 is 0. The summed E-state index contributed by atoms with van der Waals surface area (Å²) in [6.45, 7) is 13.1. The van der Waals surface area contributed by atoms with Crippen molar-refractivity contribution >= 4 is 29.5 Å². The predicted molar refractivity (Wildman–Crippen MR) is 168 cm³/mol. The van der Waals surface area contributed by atoms with Crippen molar-refractivity contribution in [3.8, 4) is 5.75 Å². The van der Waals surface area contributed by atoms with Crippen molar-refractivity contribution in [3.63, 3.8) is 0 Å². The van der Waals surface area contributed by atoms with Gasteiger partial charge in [-0.15, -0.1) is 0 Å². The van der Waals surface area contributed by atoms with Gasteiger partial charge in [-0.25, -0.2) is 4.79 Å². The number of rotatable bonds is 14. The maximum Gasteiger partial charge on any atom is 0.408 e. The summed E-state index contributed by atoms with van der Waals surface area (Å²) in [5, 5.41) is 5.47. The highest BCUT2D eigenvalue weighted by Gasteiger charge is 2.39. The molecule has 3 unspecified atom stereocenters. The molecule has 3 atom stereocenters. The second kappa shape index (κ2) is 16.0. The van der Waals surface area contributed by atoms with Crippen molar-refractivity contribution in [1.82, 2.24) is 10.2 Å². The van der Waals surface area contributed by atoms with Crippen LogP contribution in [0.1, 0.15) is 84.9 Å². The van der Waals surface area contributed by atoms with Crippen LogP contribution < -0.4 is 21.1 Å². The number of methoxy groups -OCH3 is 1. The molecule has 0 aliphatic heterocycles. The summed E-state index contributed by atoms with van der Waals surface area (Å²) in [5.41, 5.74) is 6.86. The summed E-state index contributed by atoms with van der Waals surface area (Å²) in [6, 6.07) is 11.5. The van der Waals surface area contributed by atoms with Crippen molar-refractivity contribution in [2.45, 2.75) is 97.9 Å². The SMILES string of the molecule is CCc1ccc(C(C(=O)Nc2ccc(OC)cc2)N(C(=O)C(CC(N)=O)NC(=O)OC(C)(C)C)C(C)CCC(C)C)cc1. The number of anilines is 1. The fourth-order valence-corrected chi connectivity index (χ4v) is 4.60. The van der Waals surface area contributed by atoms with Gasteiger partial charge < -0.3 is 30.7 Å². The maximum absolute atomic E-state index is 14.4. The Hall–Kier alpha value is -4.08. The first-order valence-electron chi connectivity index (χ1n) is 14.8. The van der Waals surface area contributed by atoms with E-state index in [0.717, 1.165) is 18.4 Å². The molecule has 0 aromatic heterocycles. The number of hydrogen-bond donors (Lipinski definition) is 3. The van der Waals surface area contributed by atoms with Gasteiger partial charge in [0.1, 0.15) is 23.4 Å². The fraction of sp³-hybridized carbons (Fsp3) is 0.515. The zero-order valence-electron chi connectivity index (χ0n) is 26.7. The molecule has 236 valence electrons. The lowest BCUT2D eigenvalue weighted by atomic mass is 9.96. The van der Waals surface area contributed by atoms with Crippen molar-refractivity contribution in [2.75, 3.05) is 12.4 Å². The van der Waals surface area contributed by atoms with Gasteiger partial charge in [0.05, 0.1) is 13.5 Å². The zero-order chi connectivity index (χ0) is 32.3. The first-order chi connectivity index (χ1) is 20.1. The van der Waals surface area contributed by atoms with Gasteiger partial charge >= 0.3 is 6.09 Å². The third-order valence-corrected chi connectivity index (χ3v) is 6.87. The molecule has 0 bridgehead atoms. The Morgan fingerprint density at radius 3 is 2.02 bits per heavy atom. The number of aryl methyl sites for hydroxylation is 1. The summed E-state index contributed by atoms with van der Waals surface area (Å²) in [5.74, 6) is -0.872. The van der Waals surface area contributed by atoms with E-state index in [9.17, 15) is 19.2 Å². The van der Waals surface area contributed by atoms with Crippen LogP contribution in [0.25, 0.3) is 0 Å². The highest BCUT2D eigenvalue weighted by Crippen LogP contribution is 2.30. The minimum absolute atomic E-state index is 0.344. The molecule has 0 aliphatic rings. The number of benzene rings is 2. The molecule has 2 rings (SSSR count). The average molecular weight is 597 g/mol. The summed E-state index contributed by atoms with van der Waals surface area (Å²) < 4.78 is 10.6. The molecule has 0 saturated heterocycles. The molecule has 2 aromatic carbocycles. The Labute approximate surface area is 255 Å². The minimum atomic E-state index is -1.35. The van der Waals surface area contributed by atoms with Crippen molar-refractivity contribution < 1.29 is 28.7 Å². The number of primary amides is 1. The van der Waals surface area contributed by atoms with Crippen molar-refractivity contribution in [1.29, 1.82) is 0 Å². The number of ether oxygens (including phenoxy) is 2. The summed E-state index contributed by atoms with van der Waals surface area (Å²) in [6.07, 6.45) is 0.836. The molecule has 0 spiro atoms. The molecule has 0 heterocycles. The second-order valence-corrected chi connectivity index (χ2v) is 12.2. The first-order valence-corrected chi connectivity index (χ1v) is 14.8. The second-order valence-electron chi connectivity index (χ2n) is 12.2. The molecule has 0 saturated carbocycles. The van der Waals surface area contributed by atoms with Gasteiger partial charge in [-0.05, 0) is 88.3 Å². The van der Waals surface area contributed by atoms with Crippen LogP contribution in [0, 0.1) is 5.92 Å². The van der Waals surface area contributed by atoms with Crippen LogP contribution in [-0.4, -0.2) is 53.5 Å². The normalized spacial score (nSPS) is 13.4. The van der Waals surface area contributed by atoms with Gasteiger partial charge in [-0.3, -0.25) is 14.4 Å². The van der Waals surface area contributed by atoms with Crippen LogP contribution in [0.3, 0.4) is 0 Å². The number of nitrogens with two attached hydrogens (primary N) is 1. The monoisotopic (exact) mass is 596 g/mol. The van der Waals surface area contributed by atoms with Gasteiger partial charge in [-0.1, -0.05) is 45.0 Å². The van der Waals surface area contributed by atoms with Crippen LogP contribution in [0.15, 0.2) is 48.5 Å². The first kappa shape index (κ1) is 35.1. The summed E-state index contributed by atoms with van der Waals surface area (Å²) in [7, 11) is 1.55. The third-order valence-electron chi connectivity index (χ3n) is 6.87. The highest BCUT2D eigenvalue weighted by molar-refractivity contribution is 6.00. The van der Waals surface area contributed by atoms with Crippen molar-refractivity contribution in [2.24, 2.45) is 11.7 Å². The van der Waals surface area contributed by atoms with E-state index < -0.39 is 54.0 Å². The van der Waals surface area contributed by atoms with Crippen LogP contribution in [0.4, 0.5) is 10.5 Å². The van der Waals surface area contributed by atoms with E-state index in [-0.39, 0.29) is 0 Å². The lowest BCUT2D eigenvalue weighted by molar-refractivity contribution is -0.144. The molecule has 0 radical (unpaired) electrons. The highest BCUT2D eigenvalue weighted by atomic mass is 16.6. The van der Waals surface area contributed by atoms with E-state index in [0.29, 0.717) is 29.3 Å². The lowest BCUT2D eigenvalue weighted by Gasteiger charge is -2.38. The van der Waals surface area contributed by atoms with Crippen LogP contribution in [0.2, 0.25) is 0 Å². The van der Waals surface area contributed by atoms with Crippen molar-refractivity contribution in [3.05, 3.63) is 59.7 Å². The molecular weight excluding hydrogens is 548 g/mol. The average Bonchev–Trinajstić information content (AvgIpc) is 2.93. The molecule has 4 amide bonds. The van der Waals surface area contributed by atoms with Crippen LogP contribution in [0.5, 0.6) is 5.75 Å². The molecule has 2 aromatic rings. The Balaban J connectivity index is 2.63. The lowest BCUT2D eigenvalue weighted by Crippen LogP contribution is -2.55. The molecule has 0 aliphatic carbocycles. The van der Waals surface area contributed by atoms with Gasteiger partial charge in [0.2, 0.25) is 11.8 Å². The largest absolute Gasteiger partial charge is 0.497 e. The standard InChI is InChI=1S/C33H48N4O6/c1-9-23-12-14-24(15-13-23)29(30(39)35-25-16-18-26(42-8)19-17-25)37(22(4)11-10-21(2)3)31(40)27(20-28(34)38)36-32(41)43-33(5,6)7/h12-19,21-22,27,29H,9-11,20H2,1-8H3,(H2,34,38)(H,35,39)(H,36,41). The number of hydrogen-bond acceptors (Lipinski definition) is 6. The van der Waals surface area contributed by atoms with E-state index >= 15 is 0 Å². The quantitative estimate of drug-likeness (QED) is 0.268. The number of carbonyl (C=O) groups excluding carboxylic acids is 4.